The van der Waals surface area contributed by atoms with Gasteiger partial charge >= 0.3 is 6.03 Å². The first kappa shape index (κ1) is 18.9. The van der Waals surface area contributed by atoms with Crippen LogP contribution in [0.5, 0.6) is 0 Å². The Hall–Kier alpha value is -2.47. The summed E-state index contributed by atoms with van der Waals surface area (Å²) in [6, 6.07) is 6.50. The predicted octanol–water partition coefficient (Wildman–Crippen LogP) is 4.16. The Morgan fingerprint density at radius 1 is 1.25 bits per heavy atom. The molecule has 0 spiro atoms. The average Bonchev–Trinajstić information content (AvgIpc) is 3.47. The van der Waals surface area contributed by atoms with Gasteiger partial charge in [0.05, 0.1) is 19.1 Å². The Morgan fingerprint density at radius 2 is 1.96 bits per heavy atom. The Balaban J connectivity index is 1.54. The molecule has 7 heteroatoms. The Labute approximate surface area is 169 Å². The van der Waals surface area contributed by atoms with Crippen LogP contribution in [-0.4, -0.2) is 45.8 Å². The van der Waals surface area contributed by atoms with Crippen LogP contribution >= 0.6 is 11.6 Å². The van der Waals surface area contributed by atoms with E-state index in [2.05, 4.69) is 23.8 Å². The number of benzene rings is 1. The largest absolute Gasteiger partial charge is 0.327 e. The Morgan fingerprint density at radius 3 is 2.57 bits per heavy atom. The van der Waals surface area contributed by atoms with E-state index < -0.39 is 0 Å². The lowest BCUT2D eigenvalue weighted by atomic mass is 10.0. The SMILES string of the molecule is CC(C)[C@H]1CN(c2ncc(C3CC3)cn2)C(=O)N1CC(=O)c1cccc(Cl)c1. The van der Waals surface area contributed by atoms with Crippen LogP contribution in [0.25, 0.3) is 0 Å². The van der Waals surface area contributed by atoms with Gasteiger partial charge in [0.15, 0.2) is 5.78 Å². The summed E-state index contributed by atoms with van der Waals surface area (Å²) >= 11 is 6.00. The molecule has 1 aromatic heterocycles. The van der Waals surface area contributed by atoms with E-state index in [-0.39, 0.29) is 30.3 Å². The average molecular weight is 399 g/mol. The zero-order valence-corrected chi connectivity index (χ0v) is 16.8. The summed E-state index contributed by atoms with van der Waals surface area (Å²) in [7, 11) is 0. The monoisotopic (exact) mass is 398 g/mol. The minimum atomic E-state index is -0.228. The number of anilines is 1. The van der Waals surface area contributed by atoms with Crippen molar-refractivity contribution in [2.45, 2.75) is 38.6 Å². The van der Waals surface area contributed by atoms with Gasteiger partial charge in [-0.05, 0) is 42.4 Å². The zero-order valence-electron chi connectivity index (χ0n) is 16.0. The number of hydrogen-bond acceptors (Lipinski definition) is 4. The van der Waals surface area contributed by atoms with Crippen molar-refractivity contribution in [2.24, 2.45) is 5.92 Å². The molecule has 2 aromatic rings. The van der Waals surface area contributed by atoms with Gasteiger partial charge in [-0.1, -0.05) is 37.6 Å². The zero-order chi connectivity index (χ0) is 19.8. The minimum Gasteiger partial charge on any atom is -0.312 e. The first-order chi connectivity index (χ1) is 13.4. The molecule has 28 heavy (non-hydrogen) atoms. The van der Waals surface area contributed by atoms with Gasteiger partial charge in [0.25, 0.3) is 0 Å². The quantitative estimate of drug-likeness (QED) is 0.685. The molecule has 1 saturated carbocycles. The summed E-state index contributed by atoms with van der Waals surface area (Å²) in [6.45, 7) is 4.59. The number of carbonyl (C=O) groups excluding carboxylic acids is 2. The Bertz CT molecular complexity index is 896. The van der Waals surface area contributed by atoms with Crippen molar-refractivity contribution >= 4 is 29.4 Å². The number of carbonyl (C=O) groups is 2. The van der Waals surface area contributed by atoms with Gasteiger partial charge in [-0.25, -0.2) is 14.8 Å². The molecule has 146 valence electrons. The van der Waals surface area contributed by atoms with Crippen molar-refractivity contribution in [3.63, 3.8) is 0 Å². The van der Waals surface area contributed by atoms with Gasteiger partial charge in [-0.15, -0.1) is 0 Å². The van der Waals surface area contributed by atoms with Crippen molar-refractivity contribution in [1.82, 2.24) is 14.9 Å². The van der Waals surface area contributed by atoms with Gasteiger partial charge in [-0.3, -0.25) is 9.69 Å². The molecule has 0 unspecified atom stereocenters. The minimum absolute atomic E-state index is 0.0126. The van der Waals surface area contributed by atoms with Crippen LogP contribution < -0.4 is 4.90 Å². The van der Waals surface area contributed by atoms with Gasteiger partial charge in [0, 0.05) is 23.0 Å². The fourth-order valence-electron chi connectivity index (χ4n) is 3.59. The molecule has 2 aliphatic rings. The number of hydrogen-bond donors (Lipinski definition) is 0. The summed E-state index contributed by atoms with van der Waals surface area (Å²) in [4.78, 5) is 37.8. The first-order valence-corrected chi connectivity index (χ1v) is 10.0. The molecular weight excluding hydrogens is 376 g/mol. The number of rotatable bonds is 6. The lowest BCUT2D eigenvalue weighted by Gasteiger charge is -2.25. The topological polar surface area (TPSA) is 66.4 Å². The van der Waals surface area contributed by atoms with Crippen molar-refractivity contribution in [1.29, 1.82) is 0 Å². The standard InChI is InChI=1S/C21H23ClN4O2/c1-13(2)18-11-26(20-23-9-16(10-24-20)14-6-7-14)21(28)25(18)12-19(27)15-4-3-5-17(22)8-15/h3-5,8-10,13-14,18H,6-7,11-12H2,1-2H3/t18-/m1/s1. The molecule has 0 bridgehead atoms. The van der Waals surface area contributed by atoms with E-state index in [0.29, 0.717) is 29.0 Å². The van der Waals surface area contributed by atoms with E-state index in [1.165, 1.54) is 12.8 Å². The maximum atomic E-state index is 13.1. The van der Waals surface area contributed by atoms with E-state index in [1.807, 2.05) is 12.4 Å². The van der Waals surface area contributed by atoms with Crippen LogP contribution in [0, 0.1) is 5.92 Å². The number of urea groups is 1. The van der Waals surface area contributed by atoms with Crippen LogP contribution in [-0.2, 0) is 0 Å². The highest BCUT2D eigenvalue weighted by atomic mass is 35.5. The molecule has 4 rings (SSSR count). The number of Topliss-reactive ketones (excluding diaryl/α,β-unsaturated/α-hetero) is 1. The van der Waals surface area contributed by atoms with Gasteiger partial charge in [-0.2, -0.15) is 0 Å². The van der Waals surface area contributed by atoms with Crippen molar-refractivity contribution < 1.29 is 9.59 Å². The third kappa shape index (κ3) is 3.74. The second kappa shape index (κ2) is 7.51. The van der Waals surface area contributed by atoms with Crippen LogP contribution in [0.1, 0.15) is 48.5 Å². The molecule has 0 radical (unpaired) electrons. The molecule has 1 aliphatic heterocycles. The molecule has 2 fully saturated rings. The first-order valence-electron chi connectivity index (χ1n) is 9.63. The maximum absolute atomic E-state index is 13.1. The predicted molar refractivity (Wildman–Crippen MR) is 108 cm³/mol. The summed E-state index contributed by atoms with van der Waals surface area (Å²) < 4.78 is 0. The smallest absolute Gasteiger partial charge is 0.312 e. The molecule has 2 amide bonds. The normalized spacial score (nSPS) is 19.6. The van der Waals surface area contributed by atoms with E-state index in [1.54, 1.807) is 34.1 Å². The highest BCUT2D eigenvalue weighted by Crippen LogP contribution is 2.39. The van der Waals surface area contributed by atoms with Crippen LogP contribution in [0.4, 0.5) is 10.7 Å². The van der Waals surface area contributed by atoms with Crippen LogP contribution in [0.2, 0.25) is 5.02 Å². The van der Waals surface area contributed by atoms with Gasteiger partial charge in [0.1, 0.15) is 0 Å². The number of ketones is 1. The van der Waals surface area contributed by atoms with E-state index in [0.717, 1.165) is 5.56 Å². The summed E-state index contributed by atoms with van der Waals surface area (Å²) in [5.74, 6) is 1.04. The molecule has 1 saturated heterocycles. The molecular formula is C21H23ClN4O2. The lowest BCUT2D eigenvalue weighted by Crippen LogP contribution is -2.41. The molecule has 0 N–H and O–H groups in total. The number of aromatic nitrogens is 2. The highest BCUT2D eigenvalue weighted by molar-refractivity contribution is 6.31. The van der Waals surface area contributed by atoms with E-state index in [4.69, 9.17) is 11.6 Å². The fourth-order valence-corrected chi connectivity index (χ4v) is 3.78. The second-order valence-electron chi connectivity index (χ2n) is 7.86. The van der Waals surface area contributed by atoms with Crippen LogP contribution in [0.15, 0.2) is 36.7 Å². The van der Waals surface area contributed by atoms with Crippen molar-refractivity contribution in [3.05, 3.63) is 52.8 Å². The van der Waals surface area contributed by atoms with E-state index >= 15 is 0 Å². The molecule has 1 atom stereocenters. The molecule has 1 aliphatic carbocycles. The van der Waals surface area contributed by atoms with Crippen molar-refractivity contribution in [2.75, 3.05) is 18.0 Å². The molecule has 6 nitrogen and oxygen atoms in total. The highest BCUT2D eigenvalue weighted by Gasteiger charge is 2.41. The second-order valence-corrected chi connectivity index (χ2v) is 8.29. The van der Waals surface area contributed by atoms with Crippen LogP contribution in [0.3, 0.4) is 0 Å². The molecule has 2 heterocycles. The van der Waals surface area contributed by atoms with Crippen molar-refractivity contribution in [3.8, 4) is 0 Å². The lowest BCUT2D eigenvalue weighted by molar-refractivity contribution is 0.0926. The van der Waals surface area contributed by atoms with Gasteiger partial charge < -0.3 is 4.90 Å². The number of nitrogens with zero attached hydrogens (tertiary/aromatic N) is 4. The molecule has 1 aromatic carbocycles. The number of halogens is 1. The Kier molecular flexibility index (Phi) is 5.06. The van der Waals surface area contributed by atoms with E-state index in [9.17, 15) is 9.59 Å². The number of amides is 2. The fraction of sp³-hybridized carbons (Fsp3) is 0.429. The summed E-state index contributed by atoms with van der Waals surface area (Å²) in [5.41, 5.74) is 1.63. The summed E-state index contributed by atoms with van der Waals surface area (Å²) in [5, 5.41) is 0.504. The third-order valence-corrected chi connectivity index (χ3v) is 5.66. The van der Waals surface area contributed by atoms with Gasteiger partial charge in [0.2, 0.25) is 5.95 Å². The maximum Gasteiger partial charge on any atom is 0.327 e. The summed E-state index contributed by atoms with van der Waals surface area (Å²) in [6.07, 6.45) is 6.00. The third-order valence-electron chi connectivity index (χ3n) is 5.43.